The van der Waals surface area contributed by atoms with Gasteiger partial charge in [-0.15, -0.1) is 12.4 Å². The molecule has 0 saturated carbocycles. The van der Waals surface area contributed by atoms with Gasteiger partial charge >= 0.3 is 6.18 Å². The third-order valence-electron chi connectivity index (χ3n) is 3.22. The molecule has 0 aliphatic carbocycles. The molecule has 1 saturated heterocycles. The average Bonchev–Trinajstić information content (AvgIpc) is 2.25. The molecule has 1 atom stereocenters. The zero-order valence-corrected chi connectivity index (χ0v) is 11.6. The fourth-order valence-corrected chi connectivity index (χ4v) is 1.87. The van der Waals surface area contributed by atoms with E-state index < -0.39 is 17.8 Å². The van der Waals surface area contributed by atoms with Gasteiger partial charge < -0.3 is 10.6 Å². The molecule has 112 valence electrons. The summed E-state index contributed by atoms with van der Waals surface area (Å²) in [5, 5.41) is 5.71. The normalized spacial score (nSPS) is 16.8. The first-order valence-electron chi connectivity index (χ1n) is 6.06. The molecule has 0 bridgehead atoms. The lowest BCUT2D eigenvalue weighted by molar-refractivity contribution is -0.137. The fourth-order valence-electron chi connectivity index (χ4n) is 1.87. The number of alkyl halides is 3. The predicted molar refractivity (Wildman–Crippen MR) is 71.6 cm³/mol. The van der Waals surface area contributed by atoms with Gasteiger partial charge in [0, 0.05) is 13.1 Å². The summed E-state index contributed by atoms with van der Waals surface area (Å²) in [6.45, 7) is 2.93. The van der Waals surface area contributed by atoms with Gasteiger partial charge in [0.1, 0.15) is 0 Å². The van der Waals surface area contributed by atoms with Gasteiger partial charge in [0.2, 0.25) is 5.91 Å². The summed E-state index contributed by atoms with van der Waals surface area (Å²) < 4.78 is 37.8. The summed E-state index contributed by atoms with van der Waals surface area (Å²) in [6.07, 6.45) is -4.36. The molecule has 1 aromatic carbocycles. The van der Waals surface area contributed by atoms with Gasteiger partial charge in [-0.1, -0.05) is 12.1 Å². The second kappa shape index (κ2) is 6.45. The lowest BCUT2D eigenvalue weighted by Gasteiger charge is -2.27. The van der Waals surface area contributed by atoms with Crippen LogP contribution in [-0.2, 0) is 11.0 Å². The largest absolute Gasteiger partial charge is 0.416 e. The highest BCUT2D eigenvalue weighted by Gasteiger charge is 2.31. The number of hydrogen-bond acceptors (Lipinski definition) is 2. The number of nitrogens with one attached hydrogen (secondary N) is 2. The molecule has 2 N–H and O–H groups in total. The zero-order valence-electron chi connectivity index (χ0n) is 10.8. The number of carbonyl (C=O) groups excluding carboxylic acids is 1. The van der Waals surface area contributed by atoms with Crippen molar-refractivity contribution in [2.45, 2.75) is 19.1 Å². The maximum Gasteiger partial charge on any atom is 0.416 e. The Balaban J connectivity index is 0.00000200. The minimum atomic E-state index is -4.36. The molecule has 0 radical (unpaired) electrons. The molecule has 20 heavy (non-hydrogen) atoms. The highest BCUT2D eigenvalue weighted by atomic mass is 35.5. The van der Waals surface area contributed by atoms with Crippen LogP contribution in [0.15, 0.2) is 24.3 Å². The maximum atomic E-state index is 12.6. The lowest BCUT2D eigenvalue weighted by atomic mass is 10.0. The van der Waals surface area contributed by atoms with E-state index in [9.17, 15) is 18.0 Å². The number of halogens is 4. The van der Waals surface area contributed by atoms with Crippen molar-refractivity contribution in [2.24, 2.45) is 5.92 Å². The fraction of sp³-hybridized carbons (Fsp3) is 0.462. The molecule has 0 spiro atoms. The number of amides is 1. The van der Waals surface area contributed by atoms with Crippen LogP contribution in [0, 0.1) is 5.92 Å². The highest BCUT2D eigenvalue weighted by molar-refractivity contribution is 5.85. The zero-order chi connectivity index (χ0) is 14.0. The van der Waals surface area contributed by atoms with E-state index in [0.29, 0.717) is 18.7 Å². The molecule has 7 heteroatoms. The van der Waals surface area contributed by atoms with E-state index in [1.54, 1.807) is 13.0 Å². The van der Waals surface area contributed by atoms with Crippen LogP contribution in [0.2, 0.25) is 0 Å². The molecule has 1 aliphatic rings. The average molecular weight is 309 g/mol. The van der Waals surface area contributed by atoms with Crippen molar-refractivity contribution in [3.05, 3.63) is 35.4 Å². The minimum absolute atomic E-state index is 0. The minimum Gasteiger partial charge on any atom is -0.349 e. The first-order chi connectivity index (χ1) is 8.88. The number of carbonyl (C=O) groups is 1. The molecule has 0 aromatic heterocycles. The molecule has 1 heterocycles. The van der Waals surface area contributed by atoms with E-state index in [2.05, 4.69) is 10.6 Å². The molecule has 1 fully saturated rings. The van der Waals surface area contributed by atoms with Gasteiger partial charge in [-0.25, -0.2) is 0 Å². The molecule has 3 nitrogen and oxygen atoms in total. The van der Waals surface area contributed by atoms with Crippen LogP contribution in [0.1, 0.15) is 24.1 Å². The van der Waals surface area contributed by atoms with E-state index in [-0.39, 0.29) is 24.2 Å². The van der Waals surface area contributed by atoms with Crippen molar-refractivity contribution in [3.8, 4) is 0 Å². The van der Waals surface area contributed by atoms with Crippen molar-refractivity contribution in [1.29, 1.82) is 0 Å². The Kier molecular flexibility index (Phi) is 5.42. The van der Waals surface area contributed by atoms with Crippen molar-refractivity contribution in [1.82, 2.24) is 10.6 Å². The molecular weight excluding hydrogens is 293 g/mol. The number of benzene rings is 1. The van der Waals surface area contributed by atoms with E-state index in [1.165, 1.54) is 6.07 Å². The Morgan fingerprint density at radius 3 is 2.55 bits per heavy atom. The predicted octanol–water partition coefficient (Wildman–Crippen LogP) is 2.52. The Bertz CT molecular complexity index is 475. The van der Waals surface area contributed by atoms with Crippen molar-refractivity contribution < 1.29 is 18.0 Å². The third kappa shape index (κ3) is 3.86. The first-order valence-corrected chi connectivity index (χ1v) is 6.06. The SMILES string of the molecule is CC(NC(=O)C1CNC1)c1cccc(C(F)(F)F)c1.Cl. The highest BCUT2D eigenvalue weighted by Crippen LogP contribution is 2.30. The smallest absolute Gasteiger partial charge is 0.349 e. The third-order valence-corrected chi connectivity index (χ3v) is 3.22. The van der Waals surface area contributed by atoms with Gasteiger partial charge in [0.15, 0.2) is 0 Å². The van der Waals surface area contributed by atoms with Gasteiger partial charge in [-0.05, 0) is 24.6 Å². The van der Waals surface area contributed by atoms with Crippen molar-refractivity contribution >= 4 is 18.3 Å². The summed E-state index contributed by atoms with van der Waals surface area (Å²) in [7, 11) is 0. The van der Waals surface area contributed by atoms with Crippen molar-refractivity contribution in [2.75, 3.05) is 13.1 Å². The quantitative estimate of drug-likeness (QED) is 0.901. The Hall–Kier alpha value is -1.27. The van der Waals surface area contributed by atoms with Gasteiger partial charge in [0.25, 0.3) is 0 Å². The van der Waals surface area contributed by atoms with E-state index >= 15 is 0 Å². The van der Waals surface area contributed by atoms with Crippen LogP contribution in [-0.4, -0.2) is 19.0 Å². The van der Waals surface area contributed by atoms with Crippen LogP contribution in [0.25, 0.3) is 0 Å². The molecule has 1 unspecified atom stereocenters. The van der Waals surface area contributed by atoms with Crippen LogP contribution in [0.3, 0.4) is 0 Å². The Morgan fingerprint density at radius 1 is 1.40 bits per heavy atom. The van der Waals surface area contributed by atoms with Crippen molar-refractivity contribution in [3.63, 3.8) is 0 Å². The second-order valence-electron chi connectivity index (χ2n) is 4.71. The molecule has 1 aliphatic heterocycles. The van der Waals surface area contributed by atoms with E-state index in [0.717, 1.165) is 12.1 Å². The number of hydrogen-bond donors (Lipinski definition) is 2. The van der Waals surface area contributed by atoms with Crippen LogP contribution >= 0.6 is 12.4 Å². The lowest BCUT2D eigenvalue weighted by Crippen LogP contribution is -2.51. The van der Waals surface area contributed by atoms with Crippen LogP contribution < -0.4 is 10.6 Å². The number of rotatable bonds is 3. The van der Waals surface area contributed by atoms with Gasteiger partial charge in [-0.2, -0.15) is 13.2 Å². The maximum absolute atomic E-state index is 12.6. The van der Waals surface area contributed by atoms with Crippen LogP contribution in [0.4, 0.5) is 13.2 Å². The molecule has 1 aromatic rings. The topological polar surface area (TPSA) is 41.1 Å². The standard InChI is InChI=1S/C13H15F3N2O.ClH/c1-8(18-12(19)10-6-17-7-10)9-3-2-4-11(5-9)13(14,15)16;/h2-5,8,10,17H,6-7H2,1H3,(H,18,19);1H. The van der Waals surface area contributed by atoms with Crippen LogP contribution in [0.5, 0.6) is 0 Å². The summed E-state index contributed by atoms with van der Waals surface area (Å²) in [4.78, 5) is 11.7. The van der Waals surface area contributed by atoms with Gasteiger partial charge in [-0.3, -0.25) is 4.79 Å². The van der Waals surface area contributed by atoms with E-state index in [4.69, 9.17) is 0 Å². The second-order valence-corrected chi connectivity index (χ2v) is 4.71. The molecular formula is C13H16ClF3N2O. The summed E-state index contributed by atoms with van der Waals surface area (Å²) in [5.74, 6) is -0.197. The summed E-state index contributed by atoms with van der Waals surface area (Å²) in [6, 6.07) is 4.60. The summed E-state index contributed by atoms with van der Waals surface area (Å²) in [5.41, 5.74) is -0.244. The molecule has 1 amide bonds. The van der Waals surface area contributed by atoms with Gasteiger partial charge in [0.05, 0.1) is 17.5 Å². The first kappa shape index (κ1) is 16.8. The summed E-state index contributed by atoms with van der Waals surface area (Å²) >= 11 is 0. The monoisotopic (exact) mass is 308 g/mol. The Morgan fingerprint density at radius 2 is 2.05 bits per heavy atom. The molecule has 2 rings (SSSR count). The van der Waals surface area contributed by atoms with E-state index in [1.807, 2.05) is 0 Å². The Labute approximate surface area is 121 Å².